The SMILES string of the molecule is O=C1SCCC1N=Cc1ccccc1. The van der Waals surface area contributed by atoms with E-state index in [9.17, 15) is 4.79 Å². The van der Waals surface area contributed by atoms with E-state index in [0.717, 1.165) is 17.7 Å². The first kappa shape index (κ1) is 9.46. The van der Waals surface area contributed by atoms with Crippen LogP contribution in [0.3, 0.4) is 0 Å². The molecule has 1 aliphatic heterocycles. The first-order chi connectivity index (χ1) is 6.86. The van der Waals surface area contributed by atoms with Gasteiger partial charge in [-0.15, -0.1) is 0 Å². The maximum atomic E-state index is 11.2. The average molecular weight is 205 g/mol. The molecule has 3 heteroatoms. The average Bonchev–Trinajstić information content (AvgIpc) is 2.63. The van der Waals surface area contributed by atoms with Crippen LogP contribution in [0.25, 0.3) is 0 Å². The monoisotopic (exact) mass is 205 g/mol. The summed E-state index contributed by atoms with van der Waals surface area (Å²) < 4.78 is 0. The van der Waals surface area contributed by atoms with Crippen molar-refractivity contribution in [3.05, 3.63) is 35.9 Å². The van der Waals surface area contributed by atoms with Crippen molar-refractivity contribution in [1.82, 2.24) is 0 Å². The van der Waals surface area contributed by atoms with Crippen LogP contribution in [0, 0.1) is 0 Å². The number of benzene rings is 1. The first-order valence-corrected chi connectivity index (χ1v) is 5.60. The summed E-state index contributed by atoms with van der Waals surface area (Å²) in [5, 5.41) is 0.206. The molecule has 0 N–H and O–H groups in total. The minimum Gasteiger partial charge on any atom is -0.285 e. The topological polar surface area (TPSA) is 29.4 Å². The van der Waals surface area contributed by atoms with Crippen LogP contribution >= 0.6 is 11.8 Å². The van der Waals surface area contributed by atoms with Crippen LogP contribution in [-0.4, -0.2) is 23.1 Å². The summed E-state index contributed by atoms with van der Waals surface area (Å²) in [7, 11) is 0. The molecule has 1 heterocycles. The van der Waals surface area contributed by atoms with Gasteiger partial charge in [0.2, 0.25) is 5.12 Å². The lowest BCUT2D eigenvalue weighted by molar-refractivity contribution is -0.111. The molecule has 1 saturated heterocycles. The molecule has 0 amide bonds. The fraction of sp³-hybridized carbons (Fsp3) is 0.273. The Morgan fingerprint density at radius 3 is 2.79 bits per heavy atom. The fourth-order valence-corrected chi connectivity index (χ4v) is 2.25. The standard InChI is InChI=1S/C11H11NOS/c13-11-10(6-7-14-11)12-8-9-4-2-1-3-5-9/h1-5,8,10H,6-7H2. The van der Waals surface area contributed by atoms with Crippen molar-refractivity contribution in [2.24, 2.45) is 4.99 Å². The fourth-order valence-electron chi connectivity index (χ4n) is 1.34. The van der Waals surface area contributed by atoms with Gasteiger partial charge >= 0.3 is 0 Å². The summed E-state index contributed by atoms with van der Waals surface area (Å²) in [4.78, 5) is 15.5. The highest BCUT2D eigenvalue weighted by Crippen LogP contribution is 2.21. The molecule has 0 bridgehead atoms. The predicted octanol–water partition coefficient (Wildman–Crippen LogP) is 2.14. The number of rotatable bonds is 2. The summed E-state index contributed by atoms with van der Waals surface area (Å²) in [6, 6.07) is 9.75. The Morgan fingerprint density at radius 1 is 1.36 bits per heavy atom. The van der Waals surface area contributed by atoms with Crippen LogP contribution in [0.4, 0.5) is 0 Å². The van der Waals surface area contributed by atoms with E-state index in [-0.39, 0.29) is 11.2 Å². The third kappa shape index (κ3) is 2.23. The van der Waals surface area contributed by atoms with Crippen LogP contribution in [0.15, 0.2) is 35.3 Å². The Bertz CT molecular complexity index is 348. The highest BCUT2D eigenvalue weighted by atomic mass is 32.2. The molecule has 2 rings (SSSR count). The highest BCUT2D eigenvalue weighted by Gasteiger charge is 2.23. The lowest BCUT2D eigenvalue weighted by Gasteiger charge is -1.98. The second-order valence-corrected chi connectivity index (χ2v) is 4.26. The minimum atomic E-state index is -0.111. The Balaban J connectivity index is 2.03. The second-order valence-electron chi connectivity index (χ2n) is 3.16. The third-order valence-electron chi connectivity index (χ3n) is 2.11. The van der Waals surface area contributed by atoms with Crippen molar-refractivity contribution in [2.45, 2.75) is 12.5 Å². The van der Waals surface area contributed by atoms with E-state index in [2.05, 4.69) is 4.99 Å². The van der Waals surface area contributed by atoms with Gasteiger partial charge in [0.15, 0.2) is 0 Å². The van der Waals surface area contributed by atoms with Gasteiger partial charge < -0.3 is 0 Å². The van der Waals surface area contributed by atoms with Crippen LogP contribution in [0.2, 0.25) is 0 Å². The molecule has 0 aromatic heterocycles. The summed E-state index contributed by atoms with van der Waals surface area (Å²) in [6.45, 7) is 0. The van der Waals surface area contributed by atoms with Crippen molar-refractivity contribution in [2.75, 3.05) is 5.75 Å². The van der Waals surface area contributed by atoms with E-state index < -0.39 is 0 Å². The number of carbonyl (C=O) groups excluding carboxylic acids is 1. The zero-order chi connectivity index (χ0) is 9.80. The number of thioether (sulfide) groups is 1. The molecule has 1 atom stereocenters. The van der Waals surface area contributed by atoms with E-state index in [1.165, 1.54) is 11.8 Å². The minimum absolute atomic E-state index is 0.111. The summed E-state index contributed by atoms with van der Waals surface area (Å²) in [5.74, 6) is 0.912. The largest absolute Gasteiger partial charge is 0.285 e. The van der Waals surface area contributed by atoms with Gasteiger partial charge in [-0.3, -0.25) is 9.79 Å². The van der Waals surface area contributed by atoms with Crippen molar-refractivity contribution in [1.29, 1.82) is 0 Å². The maximum Gasteiger partial charge on any atom is 0.213 e. The molecule has 1 aromatic carbocycles. The molecule has 1 aromatic rings. The summed E-state index contributed by atoms with van der Waals surface area (Å²) in [5.41, 5.74) is 1.05. The maximum absolute atomic E-state index is 11.2. The van der Waals surface area contributed by atoms with Crippen LogP contribution < -0.4 is 0 Å². The van der Waals surface area contributed by atoms with Crippen molar-refractivity contribution < 1.29 is 4.79 Å². The van der Waals surface area contributed by atoms with Gasteiger partial charge in [0, 0.05) is 12.0 Å². The highest BCUT2D eigenvalue weighted by molar-refractivity contribution is 8.14. The van der Waals surface area contributed by atoms with Gasteiger partial charge in [0.1, 0.15) is 6.04 Å². The first-order valence-electron chi connectivity index (χ1n) is 4.61. The molecule has 0 radical (unpaired) electrons. The number of nitrogens with zero attached hydrogens (tertiary/aromatic N) is 1. The third-order valence-corrected chi connectivity index (χ3v) is 3.11. The smallest absolute Gasteiger partial charge is 0.213 e. The number of hydrogen-bond acceptors (Lipinski definition) is 3. The van der Waals surface area contributed by atoms with Crippen LogP contribution in [0.5, 0.6) is 0 Å². The zero-order valence-corrected chi connectivity index (χ0v) is 8.54. The Kier molecular flexibility index (Phi) is 2.99. The molecule has 1 unspecified atom stereocenters. The summed E-state index contributed by atoms with van der Waals surface area (Å²) >= 11 is 1.39. The summed E-state index contributed by atoms with van der Waals surface area (Å²) in [6.07, 6.45) is 2.67. The lowest BCUT2D eigenvalue weighted by atomic mass is 10.2. The molecule has 1 fully saturated rings. The van der Waals surface area contributed by atoms with Gasteiger partial charge in [0.25, 0.3) is 0 Å². The number of hydrogen-bond donors (Lipinski definition) is 0. The molecule has 1 aliphatic rings. The Hall–Kier alpha value is -1.09. The predicted molar refractivity (Wildman–Crippen MR) is 59.9 cm³/mol. The van der Waals surface area contributed by atoms with E-state index >= 15 is 0 Å². The zero-order valence-electron chi connectivity index (χ0n) is 7.72. The van der Waals surface area contributed by atoms with Gasteiger partial charge in [-0.25, -0.2) is 0 Å². The molecule has 0 spiro atoms. The van der Waals surface area contributed by atoms with Crippen molar-refractivity contribution in [3.63, 3.8) is 0 Å². The normalized spacial score (nSPS) is 22.0. The van der Waals surface area contributed by atoms with Crippen molar-refractivity contribution >= 4 is 23.1 Å². The Labute approximate surface area is 87.4 Å². The van der Waals surface area contributed by atoms with Gasteiger partial charge in [-0.2, -0.15) is 0 Å². The molecule has 72 valence electrons. The lowest BCUT2D eigenvalue weighted by Crippen LogP contribution is -2.08. The van der Waals surface area contributed by atoms with Gasteiger partial charge in [-0.1, -0.05) is 42.1 Å². The van der Waals surface area contributed by atoms with E-state index in [0.29, 0.717) is 0 Å². The molecular formula is C11H11NOS. The van der Waals surface area contributed by atoms with E-state index in [1.807, 2.05) is 30.3 Å². The second kappa shape index (κ2) is 4.42. The van der Waals surface area contributed by atoms with Crippen LogP contribution in [-0.2, 0) is 4.79 Å². The Morgan fingerprint density at radius 2 is 2.14 bits per heavy atom. The van der Waals surface area contributed by atoms with Gasteiger partial charge in [0.05, 0.1) is 0 Å². The molecule has 0 saturated carbocycles. The van der Waals surface area contributed by atoms with E-state index in [4.69, 9.17) is 0 Å². The number of carbonyl (C=O) groups is 1. The van der Waals surface area contributed by atoms with E-state index in [1.54, 1.807) is 6.21 Å². The van der Waals surface area contributed by atoms with Crippen molar-refractivity contribution in [3.8, 4) is 0 Å². The number of aliphatic imine (C=N–C) groups is 1. The molecule has 0 aliphatic carbocycles. The molecular weight excluding hydrogens is 194 g/mol. The molecule has 2 nitrogen and oxygen atoms in total. The molecule has 14 heavy (non-hydrogen) atoms. The quantitative estimate of drug-likeness (QED) is 0.692. The van der Waals surface area contributed by atoms with Gasteiger partial charge in [-0.05, 0) is 12.0 Å². The van der Waals surface area contributed by atoms with Crippen LogP contribution in [0.1, 0.15) is 12.0 Å².